The molecule has 12 heavy (non-hydrogen) atoms. The van der Waals surface area contributed by atoms with Crippen LogP contribution in [-0.2, 0) is 4.74 Å². The zero-order valence-corrected chi connectivity index (χ0v) is 7.75. The number of rotatable bonds is 3. The second kappa shape index (κ2) is 5.12. The van der Waals surface area contributed by atoms with Crippen LogP contribution in [-0.4, -0.2) is 37.7 Å². The number of ether oxygens (including phenoxy) is 1. The lowest BCUT2D eigenvalue weighted by Gasteiger charge is -2.26. The first-order valence-corrected chi connectivity index (χ1v) is 4.44. The van der Waals surface area contributed by atoms with Gasteiger partial charge in [-0.3, -0.25) is 4.90 Å². The Bertz CT molecular complexity index is 169. The normalized spacial score (nSPS) is 20.9. The maximum absolute atomic E-state index is 5.26. The monoisotopic (exact) mass is 167 g/mol. The molecule has 1 saturated heterocycles. The second-order valence-electron chi connectivity index (χ2n) is 2.96. The van der Waals surface area contributed by atoms with Gasteiger partial charge in [0, 0.05) is 19.6 Å². The SMILES string of the molecule is C=C/C(=C\C)CN1CCOCC1. The molecule has 0 aromatic heterocycles. The van der Waals surface area contributed by atoms with Gasteiger partial charge in [-0.2, -0.15) is 0 Å². The number of hydrogen-bond donors (Lipinski definition) is 0. The van der Waals surface area contributed by atoms with Gasteiger partial charge in [-0.05, 0) is 12.5 Å². The van der Waals surface area contributed by atoms with Crippen LogP contribution < -0.4 is 0 Å². The van der Waals surface area contributed by atoms with E-state index in [1.807, 2.05) is 6.08 Å². The van der Waals surface area contributed by atoms with Crippen molar-refractivity contribution in [2.75, 3.05) is 32.8 Å². The van der Waals surface area contributed by atoms with Gasteiger partial charge in [0.15, 0.2) is 0 Å². The Morgan fingerprint density at radius 2 is 2.17 bits per heavy atom. The molecular weight excluding hydrogens is 150 g/mol. The molecule has 1 aliphatic heterocycles. The third kappa shape index (κ3) is 2.80. The van der Waals surface area contributed by atoms with Crippen molar-refractivity contribution in [2.45, 2.75) is 6.92 Å². The number of morpholine rings is 1. The van der Waals surface area contributed by atoms with Crippen LogP contribution in [0, 0.1) is 0 Å². The Balaban J connectivity index is 2.33. The highest BCUT2D eigenvalue weighted by atomic mass is 16.5. The van der Waals surface area contributed by atoms with Gasteiger partial charge >= 0.3 is 0 Å². The molecule has 0 radical (unpaired) electrons. The molecule has 0 N–H and O–H groups in total. The molecule has 0 spiro atoms. The zero-order chi connectivity index (χ0) is 8.81. The predicted molar refractivity (Wildman–Crippen MR) is 51.2 cm³/mol. The lowest BCUT2D eigenvalue weighted by atomic mass is 10.2. The van der Waals surface area contributed by atoms with Crippen molar-refractivity contribution in [3.63, 3.8) is 0 Å². The van der Waals surface area contributed by atoms with Crippen molar-refractivity contribution in [3.05, 3.63) is 24.3 Å². The smallest absolute Gasteiger partial charge is 0.0594 e. The highest BCUT2D eigenvalue weighted by Crippen LogP contribution is 2.03. The predicted octanol–water partition coefficient (Wildman–Crippen LogP) is 1.45. The van der Waals surface area contributed by atoms with Gasteiger partial charge < -0.3 is 4.74 Å². The topological polar surface area (TPSA) is 12.5 Å². The van der Waals surface area contributed by atoms with E-state index in [1.165, 1.54) is 5.57 Å². The van der Waals surface area contributed by atoms with Gasteiger partial charge in [0.05, 0.1) is 13.2 Å². The van der Waals surface area contributed by atoms with E-state index in [0.717, 1.165) is 32.8 Å². The van der Waals surface area contributed by atoms with E-state index in [-0.39, 0.29) is 0 Å². The van der Waals surface area contributed by atoms with Gasteiger partial charge in [-0.25, -0.2) is 0 Å². The fourth-order valence-corrected chi connectivity index (χ4v) is 1.29. The second-order valence-corrected chi connectivity index (χ2v) is 2.96. The molecule has 0 aliphatic carbocycles. The van der Waals surface area contributed by atoms with Crippen LogP contribution in [0.3, 0.4) is 0 Å². The molecule has 1 fully saturated rings. The van der Waals surface area contributed by atoms with Crippen molar-refractivity contribution in [1.29, 1.82) is 0 Å². The molecule has 1 aliphatic rings. The number of nitrogens with zero attached hydrogens (tertiary/aromatic N) is 1. The molecule has 0 atom stereocenters. The first-order chi connectivity index (χ1) is 5.86. The minimum Gasteiger partial charge on any atom is -0.379 e. The summed E-state index contributed by atoms with van der Waals surface area (Å²) < 4.78 is 5.26. The summed E-state index contributed by atoms with van der Waals surface area (Å²) in [6, 6.07) is 0. The largest absolute Gasteiger partial charge is 0.379 e. The molecule has 0 aromatic carbocycles. The lowest BCUT2D eigenvalue weighted by Crippen LogP contribution is -2.37. The first-order valence-electron chi connectivity index (χ1n) is 4.44. The average molecular weight is 167 g/mol. The van der Waals surface area contributed by atoms with Crippen LogP contribution in [0.2, 0.25) is 0 Å². The highest BCUT2D eigenvalue weighted by molar-refractivity contribution is 5.16. The van der Waals surface area contributed by atoms with E-state index < -0.39 is 0 Å². The Kier molecular flexibility index (Phi) is 4.05. The minimum absolute atomic E-state index is 0.869. The van der Waals surface area contributed by atoms with Gasteiger partial charge in [-0.1, -0.05) is 18.7 Å². The molecule has 0 unspecified atom stereocenters. The van der Waals surface area contributed by atoms with Crippen LogP contribution in [0.4, 0.5) is 0 Å². The van der Waals surface area contributed by atoms with Crippen molar-refractivity contribution in [3.8, 4) is 0 Å². The summed E-state index contributed by atoms with van der Waals surface area (Å²) in [5, 5.41) is 0. The summed E-state index contributed by atoms with van der Waals surface area (Å²) in [5.74, 6) is 0. The Labute approximate surface area is 74.5 Å². The molecule has 1 rings (SSSR count). The molecule has 2 nitrogen and oxygen atoms in total. The van der Waals surface area contributed by atoms with Crippen LogP contribution in [0.25, 0.3) is 0 Å². The summed E-state index contributed by atoms with van der Waals surface area (Å²) in [6.07, 6.45) is 4.04. The van der Waals surface area contributed by atoms with Crippen molar-refractivity contribution >= 4 is 0 Å². The molecular formula is C10H17NO. The van der Waals surface area contributed by atoms with Gasteiger partial charge in [0.25, 0.3) is 0 Å². The van der Waals surface area contributed by atoms with E-state index in [9.17, 15) is 0 Å². The van der Waals surface area contributed by atoms with Crippen molar-refractivity contribution in [1.82, 2.24) is 4.90 Å². The van der Waals surface area contributed by atoms with Gasteiger partial charge in [0.1, 0.15) is 0 Å². The molecule has 0 aromatic rings. The maximum atomic E-state index is 5.26. The summed E-state index contributed by atoms with van der Waals surface area (Å²) in [7, 11) is 0. The number of hydrogen-bond acceptors (Lipinski definition) is 2. The fraction of sp³-hybridized carbons (Fsp3) is 0.600. The van der Waals surface area contributed by atoms with E-state index in [1.54, 1.807) is 0 Å². The summed E-state index contributed by atoms with van der Waals surface area (Å²) in [5.41, 5.74) is 1.30. The molecule has 0 amide bonds. The van der Waals surface area contributed by atoms with E-state index in [4.69, 9.17) is 4.74 Å². The minimum atomic E-state index is 0.869. The third-order valence-electron chi connectivity index (χ3n) is 2.14. The number of allylic oxidation sites excluding steroid dienone is 1. The Hall–Kier alpha value is -0.600. The molecule has 0 saturated carbocycles. The lowest BCUT2D eigenvalue weighted by molar-refractivity contribution is 0.0426. The van der Waals surface area contributed by atoms with Crippen LogP contribution in [0.5, 0.6) is 0 Å². The Morgan fingerprint density at radius 3 is 2.67 bits per heavy atom. The summed E-state index contributed by atoms with van der Waals surface area (Å²) >= 11 is 0. The van der Waals surface area contributed by atoms with Crippen molar-refractivity contribution < 1.29 is 4.74 Å². The quantitative estimate of drug-likeness (QED) is 0.590. The maximum Gasteiger partial charge on any atom is 0.0594 e. The highest BCUT2D eigenvalue weighted by Gasteiger charge is 2.09. The van der Waals surface area contributed by atoms with Crippen LogP contribution in [0.1, 0.15) is 6.92 Å². The molecule has 0 bridgehead atoms. The van der Waals surface area contributed by atoms with E-state index in [2.05, 4.69) is 24.5 Å². The summed E-state index contributed by atoms with van der Waals surface area (Å²) in [6.45, 7) is 10.7. The van der Waals surface area contributed by atoms with E-state index >= 15 is 0 Å². The van der Waals surface area contributed by atoms with Gasteiger partial charge in [-0.15, -0.1) is 0 Å². The van der Waals surface area contributed by atoms with Crippen LogP contribution in [0.15, 0.2) is 24.3 Å². The molecule has 2 heteroatoms. The first kappa shape index (κ1) is 9.49. The van der Waals surface area contributed by atoms with Gasteiger partial charge in [0.2, 0.25) is 0 Å². The van der Waals surface area contributed by atoms with Crippen molar-refractivity contribution in [2.24, 2.45) is 0 Å². The summed E-state index contributed by atoms with van der Waals surface area (Å²) in [4.78, 5) is 2.39. The third-order valence-corrected chi connectivity index (χ3v) is 2.14. The van der Waals surface area contributed by atoms with E-state index in [0.29, 0.717) is 0 Å². The molecule has 68 valence electrons. The molecule has 1 heterocycles. The zero-order valence-electron chi connectivity index (χ0n) is 7.75. The fourth-order valence-electron chi connectivity index (χ4n) is 1.29. The standard InChI is InChI=1S/C10H17NO/c1-3-10(4-2)9-11-5-7-12-8-6-11/h3-4H,1,5-9H2,2H3/b10-4+. The average Bonchev–Trinajstić information content (AvgIpc) is 2.16. The van der Waals surface area contributed by atoms with Crippen LogP contribution >= 0.6 is 0 Å². The Morgan fingerprint density at radius 1 is 1.50 bits per heavy atom.